The van der Waals surface area contributed by atoms with E-state index in [0.29, 0.717) is 30.4 Å². The standard InChI is InChI=1S/C44H66N10O6S2/c1-25(2)31-37(56)52-34(43(5,6)7)36(46-23-30(55)54-18-16-26(3)33(54)39(58)49-31)51-35(44(8,9)10)40(59)50-32(27(4)28-14-12-11-13-15-28)38(57)48-29(41-45-17-20-62-41)22-47-42(60)53-19-21-61-24-53/h11-15,17,20,25-27,29,31-35H,16,18-19,21-24H2,1-10H3,(H,46,51)(H,47,60)(H,48,57)(H,49,58)(H,50,59)(H,52,56)/t26-,27+,29-,31+,32?,33+,34?,35?/m1/s1. The quantitative estimate of drug-likeness (QED) is 0.195. The molecule has 62 heavy (non-hydrogen) atoms. The number of benzene rings is 1. The van der Waals surface area contributed by atoms with Crippen molar-refractivity contribution in [3.05, 3.63) is 52.5 Å². The number of urea groups is 1. The summed E-state index contributed by atoms with van der Waals surface area (Å²) in [5.41, 5.74) is -0.711. The molecule has 4 heterocycles. The molecule has 0 spiro atoms. The number of carbonyl (C=O) groups excluding carboxylic acids is 6. The maximum atomic E-state index is 14.9. The summed E-state index contributed by atoms with van der Waals surface area (Å²) in [5, 5.41) is 20.8. The molecule has 7 amide bonds. The molecule has 8 atom stereocenters. The molecule has 3 saturated heterocycles. The number of aromatic nitrogens is 1. The minimum absolute atomic E-state index is 0.0840. The van der Waals surface area contributed by atoms with Crippen LogP contribution in [0.4, 0.5) is 4.79 Å². The number of rotatable bonds is 11. The highest BCUT2D eigenvalue weighted by molar-refractivity contribution is 7.99. The van der Waals surface area contributed by atoms with Gasteiger partial charge in [0.05, 0.1) is 24.5 Å². The summed E-state index contributed by atoms with van der Waals surface area (Å²) >= 11 is 3.02. The Hall–Kier alpha value is -4.71. The Bertz CT molecular complexity index is 1930. The van der Waals surface area contributed by atoms with Gasteiger partial charge in [0.1, 0.15) is 35.0 Å². The van der Waals surface area contributed by atoms with Crippen LogP contribution in [0, 0.1) is 22.7 Å². The maximum absolute atomic E-state index is 14.9. The molecule has 0 aliphatic carbocycles. The molecule has 3 unspecified atom stereocenters. The van der Waals surface area contributed by atoms with Gasteiger partial charge in [0.25, 0.3) is 0 Å². The van der Waals surface area contributed by atoms with Crippen molar-refractivity contribution >= 4 is 64.5 Å². The van der Waals surface area contributed by atoms with Gasteiger partial charge in [-0.15, -0.1) is 23.1 Å². The highest BCUT2D eigenvalue weighted by Gasteiger charge is 2.44. The second-order valence-electron chi connectivity index (χ2n) is 19.1. The Kier molecular flexibility index (Phi) is 16.1. The molecule has 1 aromatic carbocycles. The zero-order chi connectivity index (χ0) is 45.5. The van der Waals surface area contributed by atoms with E-state index in [-0.39, 0.29) is 48.6 Å². The summed E-state index contributed by atoms with van der Waals surface area (Å²) in [7, 11) is 0. The SMILES string of the molecule is CC(C)[C@@H]1NC(=O)[C@@H]2[C@H](C)CCN2C(=O)CN/C(=N\C(C(=O)NC(C(=O)N[C@H](CNC(=O)N2CCSC2)c2nccs2)[C@@H](C)c2ccccc2)C(C)(C)C)C(C(C)(C)C)NC1=O. The Morgan fingerprint density at radius 2 is 1.66 bits per heavy atom. The minimum Gasteiger partial charge on any atom is -0.363 e. The van der Waals surface area contributed by atoms with Gasteiger partial charge in [0, 0.05) is 42.9 Å². The Labute approximate surface area is 374 Å². The fourth-order valence-electron chi connectivity index (χ4n) is 7.94. The first-order chi connectivity index (χ1) is 29.2. The van der Waals surface area contributed by atoms with Crippen LogP contribution in [0.1, 0.15) is 98.2 Å². The van der Waals surface area contributed by atoms with Crippen molar-refractivity contribution in [2.75, 3.05) is 37.8 Å². The van der Waals surface area contributed by atoms with E-state index in [2.05, 4.69) is 36.9 Å². The van der Waals surface area contributed by atoms with Crippen LogP contribution in [-0.4, -0.2) is 124 Å². The molecular weight excluding hydrogens is 829 g/mol. The van der Waals surface area contributed by atoms with E-state index >= 15 is 0 Å². The van der Waals surface area contributed by atoms with E-state index in [4.69, 9.17) is 4.99 Å². The van der Waals surface area contributed by atoms with Gasteiger partial charge in [0.2, 0.25) is 29.5 Å². The molecule has 1 aromatic heterocycles. The summed E-state index contributed by atoms with van der Waals surface area (Å²) in [6.07, 6.45) is 2.27. The highest BCUT2D eigenvalue weighted by Crippen LogP contribution is 2.29. The fraction of sp³-hybridized carbons (Fsp3) is 0.636. The van der Waals surface area contributed by atoms with Gasteiger partial charge in [-0.1, -0.05) is 99.6 Å². The molecule has 3 aliphatic rings. The number of nitrogens with one attached hydrogen (secondary N) is 6. The summed E-state index contributed by atoms with van der Waals surface area (Å²) in [6, 6.07) is 3.79. The van der Waals surface area contributed by atoms with E-state index in [1.165, 1.54) is 11.3 Å². The molecule has 16 nitrogen and oxygen atoms in total. The lowest BCUT2D eigenvalue weighted by molar-refractivity contribution is -0.140. The van der Waals surface area contributed by atoms with Gasteiger partial charge < -0.3 is 41.7 Å². The number of thiazole rings is 1. The number of aliphatic imine (C=N–C) groups is 1. The van der Waals surface area contributed by atoms with Crippen LogP contribution in [0.5, 0.6) is 0 Å². The van der Waals surface area contributed by atoms with Crippen molar-refractivity contribution in [1.29, 1.82) is 0 Å². The number of amides is 7. The Balaban J connectivity index is 1.51. The topological polar surface area (TPSA) is 206 Å². The first-order valence-electron chi connectivity index (χ1n) is 21.5. The molecule has 6 N–H and O–H groups in total. The fourth-order valence-corrected chi connectivity index (χ4v) is 9.58. The summed E-state index contributed by atoms with van der Waals surface area (Å²) in [4.78, 5) is 97.1. The molecule has 2 aromatic rings. The van der Waals surface area contributed by atoms with Crippen LogP contribution in [0.25, 0.3) is 0 Å². The van der Waals surface area contributed by atoms with Crippen LogP contribution in [0.15, 0.2) is 46.9 Å². The Morgan fingerprint density at radius 1 is 0.952 bits per heavy atom. The third-order valence-electron chi connectivity index (χ3n) is 11.7. The van der Waals surface area contributed by atoms with Gasteiger partial charge in [-0.3, -0.25) is 29.0 Å². The van der Waals surface area contributed by atoms with Crippen LogP contribution in [0.3, 0.4) is 0 Å². The molecule has 3 fully saturated rings. The third-order valence-corrected chi connectivity index (χ3v) is 13.5. The van der Waals surface area contributed by atoms with E-state index in [1.54, 1.807) is 33.1 Å². The molecule has 3 aliphatic heterocycles. The summed E-state index contributed by atoms with van der Waals surface area (Å²) in [5.74, 6) is -1.35. The molecule has 5 rings (SSSR count). The van der Waals surface area contributed by atoms with Crippen LogP contribution in [0.2, 0.25) is 0 Å². The van der Waals surface area contributed by atoms with Crippen LogP contribution >= 0.6 is 23.1 Å². The lowest BCUT2D eigenvalue weighted by Crippen LogP contribution is -2.63. The number of carbonyl (C=O) groups is 6. The first-order valence-corrected chi connectivity index (χ1v) is 23.6. The highest BCUT2D eigenvalue weighted by atomic mass is 32.2. The van der Waals surface area contributed by atoms with Crippen molar-refractivity contribution in [3.63, 3.8) is 0 Å². The largest absolute Gasteiger partial charge is 0.363 e. The van der Waals surface area contributed by atoms with Crippen molar-refractivity contribution in [1.82, 2.24) is 46.7 Å². The number of hydrogen-bond acceptors (Lipinski definition) is 10. The smallest absolute Gasteiger partial charge is 0.318 e. The van der Waals surface area contributed by atoms with Crippen molar-refractivity contribution in [2.24, 2.45) is 27.7 Å². The molecule has 0 radical (unpaired) electrons. The maximum Gasteiger partial charge on any atom is 0.318 e. The molecular formula is C44H66N10O6S2. The zero-order valence-electron chi connectivity index (χ0n) is 37.7. The Morgan fingerprint density at radius 3 is 2.26 bits per heavy atom. The lowest BCUT2D eigenvalue weighted by Gasteiger charge is -2.38. The number of thioether (sulfide) groups is 1. The van der Waals surface area contributed by atoms with E-state index in [0.717, 1.165) is 11.3 Å². The van der Waals surface area contributed by atoms with Crippen molar-refractivity contribution in [3.8, 4) is 0 Å². The van der Waals surface area contributed by atoms with Crippen LogP contribution in [-0.2, 0) is 24.0 Å². The summed E-state index contributed by atoms with van der Waals surface area (Å²) in [6.45, 7) is 19.7. The van der Waals surface area contributed by atoms with Gasteiger partial charge in [-0.05, 0) is 34.7 Å². The van der Waals surface area contributed by atoms with E-state index in [1.807, 2.05) is 99.6 Å². The number of hydrogen-bond donors (Lipinski definition) is 6. The molecule has 0 bridgehead atoms. The average Bonchev–Trinajstić information content (AvgIpc) is 4.02. The molecule has 18 heteroatoms. The van der Waals surface area contributed by atoms with Gasteiger partial charge in [-0.25, -0.2) is 9.78 Å². The summed E-state index contributed by atoms with van der Waals surface area (Å²) < 4.78 is 0. The zero-order valence-corrected chi connectivity index (χ0v) is 39.4. The van der Waals surface area contributed by atoms with Crippen molar-refractivity contribution < 1.29 is 28.8 Å². The lowest BCUT2D eigenvalue weighted by atomic mass is 9.83. The minimum atomic E-state index is -1.12. The second-order valence-corrected chi connectivity index (χ2v) is 21.1. The van der Waals surface area contributed by atoms with E-state index < -0.39 is 70.7 Å². The van der Waals surface area contributed by atoms with Gasteiger partial charge in [0.15, 0.2) is 0 Å². The van der Waals surface area contributed by atoms with Gasteiger partial charge in [-0.2, -0.15) is 0 Å². The second kappa shape index (κ2) is 20.6. The molecule has 0 saturated carbocycles. The van der Waals surface area contributed by atoms with Crippen molar-refractivity contribution in [2.45, 2.75) is 118 Å². The van der Waals surface area contributed by atoms with Crippen LogP contribution < -0.4 is 31.9 Å². The van der Waals surface area contributed by atoms with Gasteiger partial charge >= 0.3 is 6.03 Å². The predicted molar refractivity (Wildman–Crippen MR) is 243 cm³/mol. The normalized spacial score (nSPS) is 24.1. The average molecular weight is 895 g/mol. The third kappa shape index (κ3) is 12.1. The number of fused-ring (bicyclic) bond motifs is 1. The first kappa shape index (κ1) is 48.3. The monoisotopic (exact) mass is 894 g/mol. The number of nitrogens with zero attached hydrogens (tertiary/aromatic N) is 4. The predicted octanol–water partition coefficient (Wildman–Crippen LogP) is 3.63. The number of amidine groups is 1. The molecule has 340 valence electrons. The van der Waals surface area contributed by atoms with E-state index in [9.17, 15) is 28.8 Å².